The molecule has 0 aliphatic carbocycles. The van der Waals surface area contributed by atoms with Crippen molar-refractivity contribution in [3.63, 3.8) is 0 Å². The number of carboxylic acids is 1. The number of nitrogens with zero attached hydrogens (tertiary/aromatic N) is 1. The lowest BCUT2D eigenvalue weighted by Gasteiger charge is -2.01. The maximum atomic E-state index is 10.7. The number of halogens is 2. The van der Waals surface area contributed by atoms with E-state index >= 15 is 0 Å². The second-order valence-electron chi connectivity index (χ2n) is 3.30. The lowest BCUT2D eigenvalue weighted by Crippen LogP contribution is -2.19. The van der Waals surface area contributed by atoms with Gasteiger partial charge in [-0.3, -0.25) is 0 Å². The number of benzene rings is 1. The van der Waals surface area contributed by atoms with Crippen LogP contribution in [0.5, 0.6) is 0 Å². The van der Waals surface area contributed by atoms with Crippen LogP contribution in [0.3, 0.4) is 0 Å². The van der Waals surface area contributed by atoms with Crippen molar-refractivity contribution in [2.75, 3.05) is 0 Å². The van der Waals surface area contributed by atoms with Crippen molar-refractivity contribution in [1.29, 1.82) is 0 Å². The molecule has 0 unspecified atom stereocenters. The highest BCUT2D eigenvalue weighted by Gasteiger charge is 2.28. The summed E-state index contributed by atoms with van der Waals surface area (Å²) >= 11 is 11.6. The Morgan fingerprint density at radius 1 is 1.44 bits per heavy atom. The fraction of sp³-hybridized carbons (Fsp3) is 0.200. The highest BCUT2D eigenvalue weighted by molar-refractivity contribution is 6.42. The molecule has 0 bridgehead atoms. The summed E-state index contributed by atoms with van der Waals surface area (Å²) in [4.78, 5) is 15.4. The van der Waals surface area contributed by atoms with Crippen molar-refractivity contribution in [3.05, 3.63) is 33.8 Å². The molecule has 4 nitrogen and oxygen atoms in total. The highest BCUT2D eigenvalue weighted by Crippen LogP contribution is 2.25. The number of hydrogen-bond donors (Lipinski definition) is 1. The summed E-state index contributed by atoms with van der Waals surface area (Å²) < 4.78 is 0. The molecule has 0 amide bonds. The molecule has 1 aliphatic rings. The minimum absolute atomic E-state index is 0.229. The van der Waals surface area contributed by atoms with E-state index in [1.807, 2.05) is 0 Å². The van der Waals surface area contributed by atoms with Gasteiger partial charge in [-0.2, -0.15) is 0 Å². The SMILES string of the molecule is O=C(O)[C@@H]1CC(c2ccc(Cl)c(Cl)c2)=NO1. The van der Waals surface area contributed by atoms with Crippen LogP contribution < -0.4 is 0 Å². The molecule has 1 aromatic carbocycles. The van der Waals surface area contributed by atoms with Gasteiger partial charge in [-0.1, -0.05) is 34.4 Å². The average Bonchev–Trinajstić information content (AvgIpc) is 2.71. The van der Waals surface area contributed by atoms with Gasteiger partial charge in [0.05, 0.1) is 15.8 Å². The molecule has 1 aliphatic heterocycles. The van der Waals surface area contributed by atoms with Crippen LogP contribution >= 0.6 is 23.2 Å². The predicted octanol–water partition coefficient (Wildman–Crippen LogP) is 2.57. The van der Waals surface area contributed by atoms with E-state index in [0.29, 0.717) is 15.8 Å². The normalized spacial score (nSPS) is 19.1. The van der Waals surface area contributed by atoms with Crippen molar-refractivity contribution >= 4 is 34.9 Å². The Morgan fingerprint density at radius 2 is 2.19 bits per heavy atom. The number of rotatable bonds is 2. The maximum Gasteiger partial charge on any atom is 0.348 e. The Hall–Kier alpha value is -1.26. The molecule has 1 aromatic rings. The minimum atomic E-state index is -1.03. The van der Waals surface area contributed by atoms with Gasteiger partial charge in [0.15, 0.2) is 0 Å². The summed E-state index contributed by atoms with van der Waals surface area (Å²) in [5.74, 6) is -1.03. The van der Waals surface area contributed by atoms with E-state index < -0.39 is 12.1 Å². The summed E-state index contributed by atoms with van der Waals surface area (Å²) in [6.07, 6.45) is -0.683. The van der Waals surface area contributed by atoms with Crippen molar-refractivity contribution in [2.24, 2.45) is 5.16 Å². The summed E-state index contributed by atoms with van der Waals surface area (Å²) in [6, 6.07) is 4.99. The molecular weight excluding hydrogens is 253 g/mol. The topological polar surface area (TPSA) is 58.9 Å². The van der Waals surface area contributed by atoms with Crippen LogP contribution in [-0.4, -0.2) is 22.9 Å². The highest BCUT2D eigenvalue weighted by atomic mass is 35.5. The van der Waals surface area contributed by atoms with Crippen LogP contribution in [0.2, 0.25) is 10.0 Å². The first-order valence-corrected chi connectivity index (χ1v) is 5.24. The van der Waals surface area contributed by atoms with E-state index in [9.17, 15) is 4.79 Å². The molecule has 2 rings (SSSR count). The lowest BCUT2D eigenvalue weighted by atomic mass is 10.1. The standard InChI is InChI=1S/C10H7Cl2NO3/c11-6-2-1-5(3-7(6)12)8-4-9(10(14)15)16-13-8/h1-3,9H,4H2,(H,14,15)/t9-/m0/s1. The van der Waals surface area contributed by atoms with Crippen LogP contribution in [0, 0.1) is 0 Å². The Kier molecular flexibility index (Phi) is 3.03. The van der Waals surface area contributed by atoms with Gasteiger partial charge in [0.25, 0.3) is 0 Å². The molecule has 1 atom stereocenters. The van der Waals surface area contributed by atoms with Crippen molar-refractivity contribution < 1.29 is 14.7 Å². The quantitative estimate of drug-likeness (QED) is 0.888. The molecule has 6 heteroatoms. The van der Waals surface area contributed by atoms with Crippen LogP contribution in [0.4, 0.5) is 0 Å². The second-order valence-corrected chi connectivity index (χ2v) is 4.12. The predicted molar refractivity (Wildman–Crippen MR) is 60.1 cm³/mol. The monoisotopic (exact) mass is 259 g/mol. The zero-order chi connectivity index (χ0) is 11.7. The molecule has 0 saturated carbocycles. The zero-order valence-corrected chi connectivity index (χ0v) is 9.50. The van der Waals surface area contributed by atoms with Gasteiger partial charge in [0.2, 0.25) is 6.10 Å². The van der Waals surface area contributed by atoms with Gasteiger partial charge in [-0.15, -0.1) is 0 Å². The third kappa shape index (κ3) is 2.13. The Balaban J connectivity index is 2.21. The molecule has 0 aromatic heterocycles. The first kappa shape index (κ1) is 11.2. The van der Waals surface area contributed by atoms with Gasteiger partial charge >= 0.3 is 5.97 Å². The average molecular weight is 260 g/mol. The smallest absolute Gasteiger partial charge is 0.348 e. The number of aliphatic carboxylic acids is 1. The molecule has 16 heavy (non-hydrogen) atoms. The first-order valence-electron chi connectivity index (χ1n) is 4.49. The van der Waals surface area contributed by atoms with E-state index in [0.717, 1.165) is 5.56 Å². The van der Waals surface area contributed by atoms with Crippen molar-refractivity contribution in [3.8, 4) is 0 Å². The Morgan fingerprint density at radius 3 is 2.75 bits per heavy atom. The fourth-order valence-corrected chi connectivity index (χ4v) is 1.65. The van der Waals surface area contributed by atoms with Crippen LogP contribution in [0.15, 0.2) is 23.4 Å². The number of oxime groups is 1. The summed E-state index contributed by atoms with van der Waals surface area (Å²) in [7, 11) is 0. The Labute approximate surface area is 101 Å². The molecule has 1 heterocycles. The number of carboxylic acid groups (broad SMARTS) is 1. The number of hydrogen-bond acceptors (Lipinski definition) is 3. The minimum Gasteiger partial charge on any atom is -0.478 e. The molecule has 1 N–H and O–H groups in total. The maximum absolute atomic E-state index is 10.7. The second kappa shape index (κ2) is 4.31. The molecule has 0 radical (unpaired) electrons. The summed E-state index contributed by atoms with van der Waals surface area (Å²) in [5.41, 5.74) is 1.28. The van der Waals surface area contributed by atoms with Gasteiger partial charge in [0, 0.05) is 12.0 Å². The molecule has 0 saturated heterocycles. The zero-order valence-electron chi connectivity index (χ0n) is 7.98. The van der Waals surface area contributed by atoms with Crippen LogP contribution in [0.1, 0.15) is 12.0 Å². The van der Waals surface area contributed by atoms with Crippen molar-refractivity contribution in [1.82, 2.24) is 0 Å². The third-order valence-electron chi connectivity index (χ3n) is 2.20. The molecule has 84 valence electrons. The summed E-state index contributed by atoms with van der Waals surface area (Å²) in [5, 5.41) is 13.3. The van der Waals surface area contributed by atoms with Gasteiger partial charge in [-0.05, 0) is 12.1 Å². The van der Waals surface area contributed by atoms with Crippen LogP contribution in [0.25, 0.3) is 0 Å². The van der Waals surface area contributed by atoms with Gasteiger partial charge < -0.3 is 9.94 Å². The molecular formula is C10H7Cl2NO3. The van der Waals surface area contributed by atoms with Crippen molar-refractivity contribution in [2.45, 2.75) is 12.5 Å². The van der Waals surface area contributed by atoms with Gasteiger partial charge in [0.1, 0.15) is 0 Å². The van der Waals surface area contributed by atoms with E-state index in [4.69, 9.17) is 33.1 Å². The third-order valence-corrected chi connectivity index (χ3v) is 2.94. The van der Waals surface area contributed by atoms with Gasteiger partial charge in [-0.25, -0.2) is 4.79 Å². The van der Waals surface area contributed by atoms with E-state index in [1.54, 1.807) is 18.2 Å². The van der Waals surface area contributed by atoms with E-state index in [1.165, 1.54) is 0 Å². The van der Waals surface area contributed by atoms with Crippen LogP contribution in [-0.2, 0) is 9.63 Å². The largest absolute Gasteiger partial charge is 0.478 e. The molecule has 0 spiro atoms. The first-order chi connectivity index (χ1) is 7.58. The fourth-order valence-electron chi connectivity index (χ4n) is 1.36. The number of carbonyl (C=O) groups is 1. The van der Waals surface area contributed by atoms with E-state index in [2.05, 4.69) is 5.16 Å². The van der Waals surface area contributed by atoms with E-state index in [-0.39, 0.29) is 6.42 Å². The summed E-state index contributed by atoms with van der Waals surface area (Å²) in [6.45, 7) is 0. The molecule has 0 fully saturated rings. The lowest BCUT2D eigenvalue weighted by molar-refractivity contribution is -0.148. The Bertz CT molecular complexity index is 473.